The molecule has 2 aliphatic rings. The molecule has 1 N–H and O–H groups in total. The molecule has 0 spiro atoms. The summed E-state index contributed by atoms with van der Waals surface area (Å²) < 4.78 is 14.8. The highest BCUT2D eigenvalue weighted by Crippen LogP contribution is 2.37. The molecule has 2 amide bonds. The number of aromatic nitrogens is 1. The SMILES string of the molecule is O=C(NC1CCc2ccc(F)cc21)N1CCCC1c1nc2ccccc2s1. The number of hydrogen-bond donors (Lipinski definition) is 1. The first-order valence-corrected chi connectivity index (χ1v) is 10.2. The Bertz CT molecular complexity index is 985. The lowest BCUT2D eigenvalue weighted by Crippen LogP contribution is -2.40. The minimum atomic E-state index is -0.247. The lowest BCUT2D eigenvalue weighted by atomic mass is 10.1. The second-order valence-corrected chi connectivity index (χ2v) is 8.32. The Labute approximate surface area is 161 Å². The molecule has 1 aliphatic carbocycles. The first-order valence-electron chi connectivity index (χ1n) is 9.40. The number of para-hydroxylation sites is 1. The normalized spacial score (nSPS) is 21.6. The topological polar surface area (TPSA) is 45.2 Å². The Morgan fingerprint density at radius 3 is 3.00 bits per heavy atom. The van der Waals surface area contributed by atoms with Gasteiger partial charge in [0.25, 0.3) is 0 Å². The van der Waals surface area contributed by atoms with Crippen LogP contribution in [0.2, 0.25) is 0 Å². The molecule has 138 valence electrons. The fraction of sp³-hybridized carbons (Fsp3) is 0.333. The number of nitrogens with one attached hydrogen (secondary N) is 1. The molecule has 1 aliphatic heterocycles. The largest absolute Gasteiger partial charge is 0.331 e. The zero-order chi connectivity index (χ0) is 18.4. The van der Waals surface area contributed by atoms with Crippen LogP contribution in [0.5, 0.6) is 0 Å². The van der Waals surface area contributed by atoms with Crippen molar-refractivity contribution in [1.82, 2.24) is 15.2 Å². The molecule has 2 atom stereocenters. The first kappa shape index (κ1) is 16.7. The molecule has 0 bridgehead atoms. The molecule has 2 heterocycles. The molecule has 0 radical (unpaired) electrons. The quantitative estimate of drug-likeness (QED) is 0.681. The second-order valence-electron chi connectivity index (χ2n) is 7.26. The maximum atomic E-state index is 13.6. The van der Waals surface area contributed by atoms with Crippen molar-refractivity contribution in [3.63, 3.8) is 0 Å². The number of thiazole rings is 1. The number of rotatable bonds is 2. The van der Waals surface area contributed by atoms with Crippen LogP contribution in [0.1, 0.15) is 47.5 Å². The van der Waals surface area contributed by atoms with Crippen LogP contribution in [-0.2, 0) is 6.42 Å². The van der Waals surface area contributed by atoms with E-state index in [1.165, 1.54) is 6.07 Å². The summed E-state index contributed by atoms with van der Waals surface area (Å²) in [5.74, 6) is -0.247. The maximum Gasteiger partial charge on any atom is 0.318 e. The number of nitrogens with zero attached hydrogens (tertiary/aromatic N) is 2. The van der Waals surface area contributed by atoms with Crippen molar-refractivity contribution in [2.24, 2.45) is 0 Å². The fourth-order valence-corrected chi connectivity index (χ4v) is 5.37. The van der Waals surface area contributed by atoms with Crippen LogP contribution in [0.4, 0.5) is 9.18 Å². The van der Waals surface area contributed by atoms with Gasteiger partial charge in [-0.25, -0.2) is 14.2 Å². The van der Waals surface area contributed by atoms with E-state index in [0.29, 0.717) is 0 Å². The van der Waals surface area contributed by atoms with Gasteiger partial charge in [0.15, 0.2) is 0 Å². The van der Waals surface area contributed by atoms with Crippen molar-refractivity contribution in [2.45, 2.75) is 37.8 Å². The molecular weight excluding hydrogens is 361 g/mol. The van der Waals surface area contributed by atoms with Crippen molar-refractivity contribution >= 4 is 27.6 Å². The summed E-state index contributed by atoms with van der Waals surface area (Å²) in [4.78, 5) is 19.6. The number of carbonyl (C=O) groups is 1. The number of carbonyl (C=O) groups excluding carboxylic acids is 1. The lowest BCUT2D eigenvalue weighted by molar-refractivity contribution is 0.188. The van der Waals surface area contributed by atoms with E-state index >= 15 is 0 Å². The number of urea groups is 1. The Balaban J connectivity index is 1.36. The van der Waals surface area contributed by atoms with Gasteiger partial charge in [-0.15, -0.1) is 11.3 Å². The zero-order valence-corrected chi connectivity index (χ0v) is 15.6. The average molecular weight is 381 g/mol. The molecule has 27 heavy (non-hydrogen) atoms. The number of aryl methyl sites for hydroxylation is 1. The maximum absolute atomic E-state index is 13.6. The number of fused-ring (bicyclic) bond motifs is 2. The predicted octanol–water partition coefficient (Wildman–Crippen LogP) is 4.97. The molecule has 2 aromatic carbocycles. The van der Waals surface area contributed by atoms with E-state index in [1.807, 2.05) is 29.2 Å². The Hall–Kier alpha value is -2.47. The number of hydrogen-bond acceptors (Lipinski definition) is 3. The summed E-state index contributed by atoms with van der Waals surface area (Å²) in [6.45, 7) is 0.731. The van der Waals surface area contributed by atoms with E-state index in [0.717, 1.165) is 58.6 Å². The monoisotopic (exact) mass is 381 g/mol. The van der Waals surface area contributed by atoms with E-state index < -0.39 is 0 Å². The molecule has 4 nitrogen and oxygen atoms in total. The smallest absolute Gasteiger partial charge is 0.318 e. The van der Waals surface area contributed by atoms with Crippen LogP contribution in [0.15, 0.2) is 42.5 Å². The van der Waals surface area contributed by atoms with Gasteiger partial charge in [-0.2, -0.15) is 0 Å². The lowest BCUT2D eigenvalue weighted by Gasteiger charge is -2.26. The summed E-state index contributed by atoms with van der Waals surface area (Å²) >= 11 is 1.67. The molecular formula is C21H20FN3OS. The van der Waals surface area contributed by atoms with Gasteiger partial charge in [-0.3, -0.25) is 0 Å². The summed E-state index contributed by atoms with van der Waals surface area (Å²) in [7, 11) is 0. The standard InChI is InChI=1S/C21H20FN3OS/c22-14-9-7-13-8-10-16(15(13)12-14)24-21(26)25-11-3-5-18(25)20-23-17-4-1-2-6-19(17)27-20/h1-2,4,6-7,9,12,16,18H,3,5,8,10-11H2,(H,24,26). The van der Waals surface area contributed by atoms with Gasteiger partial charge < -0.3 is 10.2 Å². The average Bonchev–Trinajstić information content (AvgIpc) is 3.39. The number of amides is 2. The van der Waals surface area contributed by atoms with Crippen LogP contribution in [-0.4, -0.2) is 22.5 Å². The van der Waals surface area contributed by atoms with Gasteiger partial charge in [0.05, 0.1) is 22.3 Å². The molecule has 1 aromatic heterocycles. The van der Waals surface area contributed by atoms with Gasteiger partial charge in [0.1, 0.15) is 10.8 Å². The predicted molar refractivity (Wildman–Crippen MR) is 104 cm³/mol. The fourth-order valence-electron chi connectivity index (χ4n) is 4.25. The van der Waals surface area contributed by atoms with Crippen molar-refractivity contribution in [2.75, 3.05) is 6.54 Å². The summed E-state index contributed by atoms with van der Waals surface area (Å²) in [6, 6.07) is 12.8. The van der Waals surface area contributed by atoms with Crippen LogP contribution < -0.4 is 5.32 Å². The third-order valence-electron chi connectivity index (χ3n) is 5.59. The molecule has 1 fully saturated rings. The minimum absolute atomic E-state index is 0.0239. The summed E-state index contributed by atoms with van der Waals surface area (Å²) in [6.07, 6.45) is 3.61. The number of benzene rings is 2. The van der Waals surface area contributed by atoms with Crippen LogP contribution in [0, 0.1) is 5.82 Å². The van der Waals surface area contributed by atoms with Crippen molar-refractivity contribution in [3.8, 4) is 0 Å². The molecule has 3 aromatic rings. The number of likely N-dealkylation sites (tertiary alicyclic amines) is 1. The Morgan fingerprint density at radius 1 is 1.22 bits per heavy atom. The Kier molecular flexibility index (Phi) is 4.08. The van der Waals surface area contributed by atoms with Crippen LogP contribution >= 0.6 is 11.3 Å². The number of halogens is 1. The third kappa shape index (κ3) is 2.98. The van der Waals surface area contributed by atoms with Gasteiger partial charge in [-0.1, -0.05) is 18.2 Å². The van der Waals surface area contributed by atoms with Crippen LogP contribution in [0.3, 0.4) is 0 Å². The van der Waals surface area contributed by atoms with Gasteiger partial charge >= 0.3 is 6.03 Å². The molecule has 5 rings (SSSR count). The molecule has 6 heteroatoms. The molecule has 0 saturated carbocycles. The van der Waals surface area contributed by atoms with E-state index in [1.54, 1.807) is 17.4 Å². The van der Waals surface area contributed by atoms with Crippen molar-refractivity contribution in [3.05, 3.63) is 64.4 Å². The third-order valence-corrected chi connectivity index (χ3v) is 6.73. The molecule has 1 saturated heterocycles. The minimum Gasteiger partial charge on any atom is -0.331 e. The van der Waals surface area contributed by atoms with Crippen LogP contribution in [0.25, 0.3) is 10.2 Å². The highest BCUT2D eigenvalue weighted by molar-refractivity contribution is 7.18. The summed E-state index contributed by atoms with van der Waals surface area (Å²) in [5.41, 5.74) is 3.04. The second kappa shape index (κ2) is 6.60. The van der Waals surface area contributed by atoms with Gasteiger partial charge in [-0.05, 0) is 61.1 Å². The van der Waals surface area contributed by atoms with Gasteiger partial charge in [0, 0.05) is 6.54 Å². The Morgan fingerprint density at radius 2 is 2.11 bits per heavy atom. The van der Waals surface area contributed by atoms with E-state index in [4.69, 9.17) is 4.98 Å². The van der Waals surface area contributed by atoms with E-state index in [2.05, 4.69) is 11.4 Å². The highest BCUT2D eigenvalue weighted by atomic mass is 32.1. The summed E-state index contributed by atoms with van der Waals surface area (Å²) in [5, 5.41) is 4.14. The highest BCUT2D eigenvalue weighted by Gasteiger charge is 2.34. The van der Waals surface area contributed by atoms with Gasteiger partial charge in [0.2, 0.25) is 0 Å². The van der Waals surface area contributed by atoms with E-state index in [-0.39, 0.29) is 23.9 Å². The first-order chi connectivity index (χ1) is 13.2. The van der Waals surface area contributed by atoms with Crippen molar-refractivity contribution in [1.29, 1.82) is 0 Å². The van der Waals surface area contributed by atoms with E-state index in [9.17, 15) is 9.18 Å². The zero-order valence-electron chi connectivity index (χ0n) is 14.8. The van der Waals surface area contributed by atoms with Crippen molar-refractivity contribution < 1.29 is 9.18 Å². The molecule has 2 unspecified atom stereocenters.